The highest BCUT2D eigenvalue weighted by atomic mass is 16.5. The molecule has 0 aliphatic rings. The monoisotopic (exact) mass is 672 g/mol. The fraction of sp³-hybridized carbons (Fsp3) is 0.415. The SMILES string of the molecule is COCc1cc(COC)cc(C(C)(C)c2ccc(C(C)(c3cc(COC)c(O)c(COC)c3)c3cc(COC)c(O)c(COC)c3)cc2)c1. The fourth-order valence-corrected chi connectivity index (χ4v) is 6.67. The van der Waals surface area contributed by atoms with Crippen molar-refractivity contribution in [1.29, 1.82) is 0 Å². The Morgan fingerprint density at radius 3 is 1.06 bits per heavy atom. The molecule has 0 saturated carbocycles. The van der Waals surface area contributed by atoms with Gasteiger partial charge in [0.2, 0.25) is 0 Å². The highest BCUT2D eigenvalue weighted by molar-refractivity contribution is 5.58. The maximum atomic E-state index is 11.1. The van der Waals surface area contributed by atoms with Gasteiger partial charge < -0.3 is 38.6 Å². The van der Waals surface area contributed by atoms with E-state index in [2.05, 4.69) is 63.2 Å². The lowest BCUT2D eigenvalue weighted by molar-refractivity contribution is 0.174. The highest BCUT2D eigenvalue weighted by Gasteiger charge is 2.35. The first kappa shape index (κ1) is 38.0. The second-order valence-corrected chi connectivity index (χ2v) is 13.2. The lowest BCUT2D eigenvalue weighted by atomic mass is 9.68. The van der Waals surface area contributed by atoms with Crippen molar-refractivity contribution in [3.05, 3.63) is 128 Å². The normalized spacial score (nSPS) is 12.1. The minimum Gasteiger partial charge on any atom is -0.507 e. The predicted octanol–water partition coefficient (Wildman–Crippen LogP) is 7.66. The topological polar surface area (TPSA) is 95.8 Å². The molecule has 0 saturated heterocycles. The van der Waals surface area contributed by atoms with Crippen LogP contribution in [0.25, 0.3) is 0 Å². The van der Waals surface area contributed by atoms with E-state index >= 15 is 0 Å². The first-order valence-electron chi connectivity index (χ1n) is 16.4. The molecule has 4 aromatic carbocycles. The van der Waals surface area contributed by atoms with Crippen molar-refractivity contribution in [3.8, 4) is 11.5 Å². The molecule has 0 amide bonds. The molecule has 4 rings (SSSR count). The summed E-state index contributed by atoms with van der Waals surface area (Å²) in [6.45, 7) is 8.57. The van der Waals surface area contributed by atoms with Crippen LogP contribution in [0.2, 0.25) is 0 Å². The van der Waals surface area contributed by atoms with Gasteiger partial charge in [-0.3, -0.25) is 0 Å². The van der Waals surface area contributed by atoms with Crippen LogP contribution in [0, 0.1) is 0 Å². The van der Waals surface area contributed by atoms with E-state index in [1.807, 2.05) is 24.3 Å². The van der Waals surface area contributed by atoms with Gasteiger partial charge >= 0.3 is 0 Å². The third-order valence-electron chi connectivity index (χ3n) is 9.47. The molecule has 0 spiro atoms. The van der Waals surface area contributed by atoms with Gasteiger partial charge in [0.15, 0.2) is 0 Å². The first-order valence-corrected chi connectivity index (χ1v) is 16.4. The second kappa shape index (κ2) is 16.8. The van der Waals surface area contributed by atoms with Crippen molar-refractivity contribution >= 4 is 0 Å². The number of rotatable bonds is 17. The second-order valence-electron chi connectivity index (χ2n) is 13.2. The van der Waals surface area contributed by atoms with E-state index in [1.54, 1.807) is 42.7 Å². The van der Waals surface area contributed by atoms with Crippen LogP contribution in [-0.2, 0) is 78.9 Å². The minimum atomic E-state index is -0.746. The summed E-state index contributed by atoms with van der Waals surface area (Å²) in [6, 6.07) is 23.2. The van der Waals surface area contributed by atoms with Crippen LogP contribution < -0.4 is 0 Å². The van der Waals surface area contributed by atoms with Crippen LogP contribution in [0.4, 0.5) is 0 Å². The number of phenols is 2. The Bertz CT molecular complexity index is 1550. The number of hydrogen-bond acceptors (Lipinski definition) is 8. The van der Waals surface area contributed by atoms with E-state index in [0.29, 0.717) is 35.5 Å². The highest BCUT2D eigenvalue weighted by Crippen LogP contribution is 2.45. The summed E-state index contributed by atoms with van der Waals surface area (Å²) in [5.74, 6) is 0.308. The molecule has 8 heteroatoms. The van der Waals surface area contributed by atoms with Gasteiger partial charge in [0.25, 0.3) is 0 Å². The quantitative estimate of drug-likeness (QED) is 0.111. The number of aromatic hydroxyl groups is 2. The fourth-order valence-electron chi connectivity index (χ4n) is 6.67. The van der Waals surface area contributed by atoms with Crippen molar-refractivity contribution in [2.24, 2.45) is 0 Å². The summed E-state index contributed by atoms with van der Waals surface area (Å²) in [5.41, 5.74) is 8.97. The van der Waals surface area contributed by atoms with Gasteiger partial charge in [-0.2, -0.15) is 0 Å². The van der Waals surface area contributed by atoms with Crippen LogP contribution in [0.1, 0.15) is 82.0 Å². The van der Waals surface area contributed by atoms with Gasteiger partial charge in [-0.1, -0.05) is 56.3 Å². The molecule has 2 N–H and O–H groups in total. The molecule has 0 bridgehead atoms. The minimum absolute atomic E-state index is 0.154. The Kier molecular flexibility index (Phi) is 13.0. The summed E-state index contributed by atoms with van der Waals surface area (Å²) >= 11 is 0. The Labute approximate surface area is 291 Å². The smallest absolute Gasteiger partial charge is 0.126 e. The number of ether oxygens (including phenoxy) is 6. The van der Waals surface area contributed by atoms with Crippen molar-refractivity contribution in [2.75, 3.05) is 42.7 Å². The van der Waals surface area contributed by atoms with Crippen molar-refractivity contribution in [3.63, 3.8) is 0 Å². The first-order chi connectivity index (χ1) is 23.5. The third-order valence-corrected chi connectivity index (χ3v) is 9.47. The van der Waals surface area contributed by atoms with E-state index in [-0.39, 0.29) is 43.3 Å². The van der Waals surface area contributed by atoms with Crippen LogP contribution in [0.5, 0.6) is 11.5 Å². The van der Waals surface area contributed by atoms with Crippen molar-refractivity contribution in [1.82, 2.24) is 0 Å². The lowest BCUT2D eigenvalue weighted by Gasteiger charge is -2.35. The van der Waals surface area contributed by atoms with Gasteiger partial charge in [0.05, 0.1) is 39.6 Å². The van der Waals surface area contributed by atoms with E-state index in [1.165, 1.54) is 5.56 Å². The summed E-state index contributed by atoms with van der Waals surface area (Å²) in [5, 5.41) is 22.3. The average molecular weight is 673 g/mol. The van der Waals surface area contributed by atoms with Gasteiger partial charge in [-0.05, 0) is 70.1 Å². The number of phenolic OH excluding ortho intramolecular Hbond substituents is 2. The van der Waals surface area contributed by atoms with Gasteiger partial charge in [-0.25, -0.2) is 0 Å². The zero-order chi connectivity index (χ0) is 35.8. The van der Waals surface area contributed by atoms with Crippen molar-refractivity contribution in [2.45, 2.75) is 71.2 Å². The summed E-state index contributed by atoms with van der Waals surface area (Å²) in [7, 11) is 9.85. The van der Waals surface area contributed by atoms with Gasteiger partial charge in [0, 0.05) is 75.7 Å². The number of methoxy groups -OCH3 is 6. The van der Waals surface area contributed by atoms with Crippen LogP contribution in [-0.4, -0.2) is 52.9 Å². The molecule has 0 radical (unpaired) electrons. The summed E-state index contributed by atoms with van der Waals surface area (Å²) in [4.78, 5) is 0. The van der Waals surface area contributed by atoms with E-state index < -0.39 is 5.41 Å². The standard InChI is InChI=1S/C41H52O8/c1-40(2,35-15-27(21-44-4)14-28(16-35)22-45-5)33-10-12-34(13-11-33)41(3,36-17-29(23-46-6)38(42)30(18-36)24-47-7)37-19-31(25-48-8)39(43)32(20-37)26-49-9/h10-20,42-43H,21-26H2,1-9H3. The maximum absolute atomic E-state index is 11.1. The van der Waals surface area contributed by atoms with E-state index in [4.69, 9.17) is 28.4 Å². The Morgan fingerprint density at radius 2 is 0.735 bits per heavy atom. The molecule has 4 aromatic rings. The molecular formula is C41H52O8. The number of benzene rings is 4. The molecule has 49 heavy (non-hydrogen) atoms. The van der Waals surface area contributed by atoms with Crippen LogP contribution in [0.15, 0.2) is 66.7 Å². The average Bonchev–Trinajstić information content (AvgIpc) is 3.08. The Morgan fingerprint density at radius 1 is 0.408 bits per heavy atom. The predicted molar refractivity (Wildman–Crippen MR) is 191 cm³/mol. The summed E-state index contributed by atoms with van der Waals surface area (Å²) in [6.07, 6.45) is 0. The third kappa shape index (κ3) is 8.18. The molecule has 0 aliphatic carbocycles. The van der Waals surface area contributed by atoms with E-state index in [9.17, 15) is 10.2 Å². The van der Waals surface area contributed by atoms with Gasteiger partial charge in [-0.15, -0.1) is 0 Å². The maximum Gasteiger partial charge on any atom is 0.126 e. The largest absolute Gasteiger partial charge is 0.507 e. The molecule has 264 valence electrons. The molecule has 0 unspecified atom stereocenters. The molecule has 0 heterocycles. The molecule has 0 atom stereocenters. The Hall–Kier alpha value is -3.76. The van der Waals surface area contributed by atoms with Crippen LogP contribution >= 0.6 is 0 Å². The molecular weight excluding hydrogens is 620 g/mol. The van der Waals surface area contributed by atoms with Crippen LogP contribution in [0.3, 0.4) is 0 Å². The zero-order valence-electron chi connectivity index (χ0n) is 30.4. The molecule has 0 aromatic heterocycles. The molecule has 0 fully saturated rings. The molecule has 0 aliphatic heterocycles. The lowest BCUT2D eigenvalue weighted by Crippen LogP contribution is -2.27. The van der Waals surface area contributed by atoms with Gasteiger partial charge in [0.1, 0.15) is 11.5 Å². The number of hydrogen-bond donors (Lipinski definition) is 2. The van der Waals surface area contributed by atoms with E-state index in [0.717, 1.165) is 33.4 Å². The van der Waals surface area contributed by atoms with Crippen molar-refractivity contribution < 1.29 is 38.6 Å². The molecule has 8 nitrogen and oxygen atoms in total. The summed E-state index contributed by atoms with van der Waals surface area (Å²) < 4.78 is 32.9. The Balaban J connectivity index is 1.96. The zero-order valence-corrected chi connectivity index (χ0v) is 30.4.